The van der Waals surface area contributed by atoms with Crippen LogP contribution in [0.25, 0.3) is 5.57 Å². The summed E-state index contributed by atoms with van der Waals surface area (Å²) in [6, 6.07) is 9.86. The minimum absolute atomic E-state index is 0.351. The molecule has 24 heavy (non-hydrogen) atoms. The zero-order valence-electron chi connectivity index (χ0n) is 13.6. The second kappa shape index (κ2) is 7.15. The first-order valence-corrected chi connectivity index (χ1v) is 8.87. The van der Waals surface area contributed by atoms with Crippen LogP contribution >= 0.6 is 0 Å². The Kier molecular flexibility index (Phi) is 5.21. The smallest absolute Gasteiger partial charge is 0.325 e. The van der Waals surface area contributed by atoms with E-state index in [9.17, 15) is 13.7 Å². The molecule has 0 saturated heterocycles. The van der Waals surface area contributed by atoms with Gasteiger partial charge in [0.2, 0.25) is 0 Å². The van der Waals surface area contributed by atoms with E-state index in [4.69, 9.17) is 0 Å². The number of rotatable bonds is 4. The average Bonchev–Trinajstić information content (AvgIpc) is 2.54. The fraction of sp³-hybridized carbons (Fsp3) is 0.176. The monoisotopic (exact) mass is 343 g/mol. The van der Waals surface area contributed by atoms with E-state index in [0.717, 1.165) is 17.5 Å². The second-order valence-corrected chi connectivity index (χ2v) is 6.90. The number of allylic oxidation sites excluding steroid dienone is 6. The number of nitriles is 1. The van der Waals surface area contributed by atoms with Gasteiger partial charge in [0.25, 0.3) is 0 Å². The summed E-state index contributed by atoms with van der Waals surface area (Å²) < 4.78 is 26.2. The first kappa shape index (κ1) is 17.5. The van der Waals surface area contributed by atoms with E-state index in [0.29, 0.717) is 16.9 Å². The minimum Gasteiger partial charge on any atom is -0.378 e. The molecule has 7 heteroatoms. The second-order valence-electron chi connectivity index (χ2n) is 5.34. The van der Waals surface area contributed by atoms with Crippen LogP contribution in [0.1, 0.15) is 5.56 Å². The molecule has 0 N–H and O–H groups in total. The first-order chi connectivity index (χ1) is 11.3. The summed E-state index contributed by atoms with van der Waals surface area (Å²) in [6.07, 6.45) is 7.49. The van der Waals surface area contributed by atoms with Crippen molar-refractivity contribution in [3.8, 4) is 6.07 Å². The molecular formula is C17H17N3O3S. The molecule has 124 valence electrons. The van der Waals surface area contributed by atoms with Gasteiger partial charge in [-0.3, -0.25) is 4.28 Å². The van der Waals surface area contributed by atoms with E-state index in [1.54, 1.807) is 24.3 Å². The van der Waals surface area contributed by atoms with Crippen LogP contribution < -0.4 is 4.90 Å². The summed E-state index contributed by atoms with van der Waals surface area (Å²) >= 11 is 0. The maximum Gasteiger partial charge on any atom is 0.325 e. The topological polar surface area (TPSA) is 82.8 Å². The fourth-order valence-electron chi connectivity index (χ4n) is 2.02. The van der Waals surface area contributed by atoms with Crippen LogP contribution in [0.3, 0.4) is 0 Å². The van der Waals surface area contributed by atoms with E-state index in [1.165, 1.54) is 0 Å². The van der Waals surface area contributed by atoms with Gasteiger partial charge in [0, 0.05) is 19.8 Å². The Morgan fingerprint density at radius 3 is 2.17 bits per heavy atom. The number of hydrogen-bond donors (Lipinski definition) is 0. The van der Waals surface area contributed by atoms with Crippen LogP contribution in [0.2, 0.25) is 0 Å². The normalized spacial score (nSPS) is 13.4. The lowest BCUT2D eigenvalue weighted by Gasteiger charge is -2.13. The van der Waals surface area contributed by atoms with Crippen LogP contribution in [0, 0.1) is 11.3 Å². The number of benzene rings is 1. The lowest BCUT2D eigenvalue weighted by molar-refractivity contribution is 0.344. The maximum absolute atomic E-state index is 10.9. The summed E-state index contributed by atoms with van der Waals surface area (Å²) in [5, 5.41) is 13.0. The SMILES string of the molecule is CN(C)c1ccc(C(C#N)=C2C=CC(=NOS(C)(=O)=O)C=C2)cc1. The van der Waals surface area contributed by atoms with E-state index in [1.807, 2.05) is 43.3 Å². The summed E-state index contributed by atoms with van der Waals surface area (Å²) in [4.78, 5) is 1.98. The van der Waals surface area contributed by atoms with Crippen LogP contribution in [0.5, 0.6) is 0 Å². The number of oxime groups is 1. The highest BCUT2D eigenvalue weighted by molar-refractivity contribution is 7.85. The van der Waals surface area contributed by atoms with E-state index in [2.05, 4.69) is 15.5 Å². The van der Waals surface area contributed by atoms with Crippen molar-refractivity contribution >= 4 is 27.1 Å². The highest BCUT2D eigenvalue weighted by atomic mass is 32.2. The number of nitrogens with zero attached hydrogens (tertiary/aromatic N) is 3. The molecule has 0 spiro atoms. The van der Waals surface area contributed by atoms with Crippen molar-refractivity contribution in [2.75, 3.05) is 25.3 Å². The maximum atomic E-state index is 10.9. The van der Waals surface area contributed by atoms with Gasteiger partial charge in [0.15, 0.2) is 0 Å². The van der Waals surface area contributed by atoms with Gasteiger partial charge in [-0.05, 0) is 35.4 Å². The third-order valence-corrected chi connectivity index (χ3v) is 3.56. The van der Waals surface area contributed by atoms with Crippen molar-refractivity contribution in [2.45, 2.75) is 0 Å². The largest absolute Gasteiger partial charge is 0.378 e. The van der Waals surface area contributed by atoms with Gasteiger partial charge in [-0.1, -0.05) is 29.4 Å². The molecule has 1 aromatic rings. The molecule has 0 heterocycles. The lowest BCUT2D eigenvalue weighted by atomic mass is 9.97. The molecule has 1 aliphatic carbocycles. The van der Waals surface area contributed by atoms with Crippen molar-refractivity contribution in [1.82, 2.24) is 0 Å². The molecule has 0 radical (unpaired) electrons. The standard InChI is InChI=1S/C17H17N3O3S/c1-20(2)16-10-6-14(7-11-16)17(12-18)13-4-8-15(9-5-13)19-23-24(3,21)22/h4-11H,1-3H3. The van der Waals surface area contributed by atoms with Gasteiger partial charge in [0.05, 0.1) is 11.8 Å². The highest BCUT2D eigenvalue weighted by Crippen LogP contribution is 2.24. The van der Waals surface area contributed by atoms with Crippen LogP contribution in [-0.4, -0.2) is 34.5 Å². The van der Waals surface area contributed by atoms with Crippen molar-refractivity contribution in [1.29, 1.82) is 5.26 Å². The lowest BCUT2D eigenvalue weighted by Crippen LogP contribution is -2.08. The van der Waals surface area contributed by atoms with E-state index >= 15 is 0 Å². The molecule has 1 aromatic carbocycles. The van der Waals surface area contributed by atoms with Crippen molar-refractivity contribution in [2.24, 2.45) is 5.16 Å². The zero-order chi connectivity index (χ0) is 17.7. The quantitative estimate of drug-likeness (QED) is 0.619. The van der Waals surface area contributed by atoms with Gasteiger partial charge in [-0.25, -0.2) is 0 Å². The minimum atomic E-state index is -3.64. The summed E-state index contributed by atoms with van der Waals surface area (Å²) in [7, 11) is 0.262. The van der Waals surface area contributed by atoms with Gasteiger partial charge < -0.3 is 4.90 Å². The molecule has 0 atom stereocenters. The zero-order valence-corrected chi connectivity index (χ0v) is 14.4. The van der Waals surface area contributed by atoms with Crippen LogP contribution in [0.15, 0.2) is 59.3 Å². The Labute approximate surface area is 141 Å². The van der Waals surface area contributed by atoms with Gasteiger partial charge in [-0.2, -0.15) is 13.7 Å². The molecule has 0 aliphatic heterocycles. The summed E-state index contributed by atoms with van der Waals surface area (Å²) in [6.45, 7) is 0. The van der Waals surface area contributed by atoms with Crippen molar-refractivity contribution < 1.29 is 12.7 Å². The summed E-state index contributed by atoms with van der Waals surface area (Å²) in [5.74, 6) is 0. The van der Waals surface area contributed by atoms with Gasteiger partial charge >= 0.3 is 10.1 Å². The average molecular weight is 343 g/mol. The van der Waals surface area contributed by atoms with Crippen molar-refractivity contribution in [3.63, 3.8) is 0 Å². The molecule has 0 unspecified atom stereocenters. The van der Waals surface area contributed by atoms with Crippen molar-refractivity contribution in [3.05, 3.63) is 59.7 Å². The molecule has 6 nitrogen and oxygen atoms in total. The first-order valence-electron chi connectivity index (χ1n) is 7.05. The highest BCUT2D eigenvalue weighted by Gasteiger charge is 2.09. The Bertz CT molecular complexity index is 866. The Balaban J connectivity index is 2.28. The molecule has 0 bridgehead atoms. The van der Waals surface area contributed by atoms with Crippen LogP contribution in [-0.2, 0) is 14.4 Å². The third kappa shape index (κ3) is 4.57. The molecule has 0 fully saturated rings. The molecule has 0 amide bonds. The molecular weight excluding hydrogens is 326 g/mol. The number of anilines is 1. The molecule has 2 rings (SSSR count). The van der Waals surface area contributed by atoms with Gasteiger partial charge in [0.1, 0.15) is 11.8 Å². The summed E-state index contributed by atoms with van der Waals surface area (Å²) in [5.41, 5.74) is 3.44. The van der Waals surface area contributed by atoms with E-state index in [-0.39, 0.29) is 0 Å². The van der Waals surface area contributed by atoms with Gasteiger partial charge in [-0.15, -0.1) is 0 Å². The Morgan fingerprint density at radius 2 is 1.71 bits per heavy atom. The molecule has 0 aromatic heterocycles. The third-order valence-electron chi connectivity index (χ3n) is 3.22. The Hall–Kier alpha value is -2.85. The Morgan fingerprint density at radius 1 is 1.12 bits per heavy atom. The number of hydrogen-bond acceptors (Lipinski definition) is 6. The predicted octanol–water partition coefficient (Wildman–Crippen LogP) is 2.49. The fourth-order valence-corrected chi connectivity index (χ4v) is 2.24. The van der Waals surface area contributed by atoms with E-state index < -0.39 is 10.1 Å². The predicted molar refractivity (Wildman–Crippen MR) is 94.9 cm³/mol. The molecule has 0 saturated carbocycles. The molecule has 1 aliphatic rings. The van der Waals surface area contributed by atoms with Crippen LogP contribution in [0.4, 0.5) is 5.69 Å².